The van der Waals surface area contributed by atoms with Gasteiger partial charge in [-0.3, -0.25) is 0 Å². The van der Waals surface area contributed by atoms with Gasteiger partial charge in [-0.05, 0) is 11.6 Å². The largest absolute Gasteiger partial charge is 0.122 e. The molecule has 0 bridgehead atoms. The molecule has 9 heavy (non-hydrogen) atoms. The third kappa shape index (κ3) is 1.92. The van der Waals surface area contributed by atoms with E-state index in [1.54, 1.807) is 0 Å². The van der Waals surface area contributed by atoms with Gasteiger partial charge in [0.15, 0.2) is 0 Å². The van der Waals surface area contributed by atoms with Gasteiger partial charge in [-0.25, -0.2) is 0 Å². The molecule has 48 valence electrons. The van der Waals surface area contributed by atoms with Crippen molar-refractivity contribution in [2.24, 2.45) is 0 Å². The topological polar surface area (TPSA) is 0 Å². The average Bonchev–Trinajstić information content (AvgIpc) is 1.90. The van der Waals surface area contributed by atoms with Crippen LogP contribution >= 0.6 is 23.8 Å². The summed E-state index contributed by atoms with van der Waals surface area (Å²) in [7, 11) is 0. The fourth-order valence-electron chi connectivity index (χ4n) is 0.667. The van der Waals surface area contributed by atoms with Crippen LogP contribution in [0, 0.1) is 0 Å². The summed E-state index contributed by atoms with van der Waals surface area (Å²) >= 11 is 10.5. The van der Waals surface area contributed by atoms with Gasteiger partial charge < -0.3 is 0 Å². The number of hydrogen-bond donors (Lipinski definition) is 0. The van der Waals surface area contributed by atoms with Crippen LogP contribution in [-0.2, 0) is 0 Å². The fraction of sp³-hybridized carbons (Fsp3) is 0.286. The molecule has 0 aromatic carbocycles. The maximum atomic E-state index is 5.57. The van der Waals surface area contributed by atoms with Crippen molar-refractivity contribution in [3.8, 4) is 0 Å². The van der Waals surface area contributed by atoms with Crippen molar-refractivity contribution in [2.45, 2.75) is 6.42 Å². The van der Waals surface area contributed by atoms with Gasteiger partial charge in [-0.2, -0.15) is 0 Å². The van der Waals surface area contributed by atoms with E-state index in [0.717, 1.165) is 11.3 Å². The first-order chi connectivity index (χ1) is 4.33. The molecule has 0 unspecified atom stereocenters. The summed E-state index contributed by atoms with van der Waals surface area (Å²) in [6, 6.07) is 0. The van der Waals surface area contributed by atoms with Crippen LogP contribution in [-0.4, -0.2) is 10.7 Å². The Morgan fingerprint density at radius 1 is 1.56 bits per heavy atom. The molecule has 0 aliphatic heterocycles. The molecule has 1 aliphatic carbocycles. The molecular weight excluding hydrogens is 152 g/mol. The lowest BCUT2D eigenvalue weighted by molar-refractivity contribution is 1.39. The molecule has 0 spiro atoms. The van der Waals surface area contributed by atoms with E-state index < -0.39 is 0 Å². The molecule has 0 saturated carbocycles. The quantitative estimate of drug-likeness (QED) is 0.418. The highest BCUT2D eigenvalue weighted by Crippen LogP contribution is 2.08. The molecule has 0 fully saturated rings. The van der Waals surface area contributed by atoms with Crippen LogP contribution in [0.3, 0.4) is 0 Å². The molecule has 2 heteroatoms. The van der Waals surface area contributed by atoms with E-state index in [-0.39, 0.29) is 0 Å². The normalized spacial score (nSPS) is 17.9. The molecule has 0 radical (unpaired) electrons. The van der Waals surface area contributed by atoms with Gasteiger partial charge in [0.05, 0.1) is 0 Å². The maximum absolute atomic E-state index is 5.57. The lowest BCUT2D eigenvalue weighted by Crippen LogP contribution is -1.94. The van der Waals surface area contributed by atoms with Gasteiger partial charge >= 0.3 is 0 Å². The second-order valence-electron chi connectivity index (χ2n) is 1.92. The summed E-state index contributed by atoms with van der Waals surface area (Å²) in [5.74, 6) is 0.596. The monoisotopic (exact) mass is 158 g/mol. The summed E-state index contributed by atoms with van der Waals surface area (Å²) in [5.41, 5.74) is 1.17. The highest BCUT2D eigenvalue weighted by Gasteiger charge is 1.97. The number of thiocarbonyl (C=S) groups is 1. The van der Waals surface area contributed by atoms with Crippen LogP contribution in [0.15, 0.2) is 23.8 Å². The molecular formula is C7H7ClS. The van der Waals surface area contributed by atoms with Crippen LogP contribution in [0.4, 0.5) is 0 Å². The average molecular weight is 159 g/mol. The van der Waals surface area contributed by atoms with E-state index in [2.05, 4.69) is 6.08 Å². The molecule has 0 N–H and O–H groups in total. The molecule has 0 aromatic rings. The van der Waals surface area contributed by atoms with Crippen molar-refractivity contribution in [1.29, 1.82) is 0 Å². The Hall–Kier alpha value is -0.140. The van der Waals surface area contributed by atoms with Crippen LogP contribution in [0.25, 0.3) is 0 Å². The second kappa shape index (κ2) is 3.14. The third-order valence-electron chi connectivity index (χ3n) is 1.20. The molecule has 0 saturated heterocycles. The molecule has 0 aromatic heterocycles. The van der Waals surface area contributed by atoms with E-state index in [4.69, 9.17) is 23.8 Å². The number of halogens is 1. The highest BCUT2D eigenvalue weighted by molar-refractivity contribution is 7.80. The van der Waals surface area contributed by atoms with Crippen LogP contribution in [0.5, 0.6) is 0 Å². The van der Waals surface area contributed by atoms with Crippen molar-refractivity contribution < 1.29 is 0 Å². The Kier molecular flexibility index (Phi) is 2.43. The SMILES string of the molecule is S=C1C=CC(CCl)=CC1. The van der Waals surface area contributed by atoms with E-state index in [1.165, 1.54) is 5.57 Å². The molecule has 1 rings (SSSR count). The minimum Gasteiger partial charge on any atom is -0.122 e. The van der Waals surface area contributed by atoms with Crippen molar-refractivity contribution in [3.63, 3.8) is 0 Å². The van der Waals surface area contributed by atoms with Gasteiger partial charge in [0.25, 0.3) is 0 Å². The summed E-state index contributed by atoms with van der Waals surface area (Å²) in [5, 5.41) is 0. The van der Waals surface area contributed by atoms with Crippen molar-refractivity contribution in [2.75, 3.05) is 5.88 Å². The maximum Gasteiger partial charge on any atom is 0.0471 e. The van der Waals surface area contributed by atoms with Gasteiger partial charge in [-0.1, -0.05) is 24.4 Å². The van der Waals surface area contributed by atoms with Crippen molar-refractivity contribution >= 4 is 28.7 Å². The fourth-order valence-corrected chi connectivity index (χ4v) is 1.02. The highest BCUT2D eigenvalue weighted by atomic mass is 35.5. The molecule has 0 atom stereocenters. The van der Waals surface area contributed by atoms with E-state index in [0.29, 0.717) is 5.88 Å². The van der Waals surface area contributed by atoms with Crippen LogP contribution < -0.4 is 0 Å². The zero-order chi connectivity index (χ0) is 6.69. The van der Waals surface area contributed by atoms with Crippen LogP contribution in [0.2, 0.25) is 0 Å². The predicted molar refractivity (Wildman–Crippen MR) is 45.2 cm³/mol. The number of allylic oxidation sites excluding steroid dienone is 4. The zero-order valence-electron chi connectivity index (χ0n) is 4.93. The summed E-state index contributed by atoms with van der Waals surface area (Å²) in [6.07, 6.45) is 6.86. The lowest BCUT2D eigenvalue weighted by Gasteiger charge is -2.01. The minimum absolute atomic E-state index is 0.596. The minimum atomic E-state index is 0.596. The Balaban J connectivity index is 2.63. The summed E-state index contributed by atoms with van der Waals surface area (Å²) in [6.45, 7) is 0. The van der Waals surface area contributed by atoms with Gasteiger partial charge in [0.1, 0.15) is 0 Å². The van der Waals surface area contributed by atoms with Gasteiger partial charge in [0.2, 0.25) is 0 Å². The van der Waals surface area contributed by atoms with E-state index in [9.17, 15) is 0 Å². The zero-order valence-corrected chi connectivity index (χ0v) is 6.50. The Morgan fingerprint density at radius 3 is 2.78 bits per heavy atom. The first-order valence-electron chi connectivity index (χ1n) is 2.79. The van der Waals surface area contributed by atoms with Crippen molar-refractivity contribution in [1.82, 2.24) is 0 Å². The number of rotatable bonds is 1. The first-order valence-corrected chi connectivity index (χ1v) is 3.73. The first kappa shape index (κ1) is 6.97. The van der Waals surface area contributed by atoms with Crippen LogP contribution in [0.1, 0.15) is 6.42 Å². The Bertz CT molecular complexity index is 179. The Labute approximate surface area is 65.2 Å². The molecule has 0 heterocycles. The molecule has 0 amide bonds. The molecule has 1 aliphatic rings. The van der Waals surface area contributed by atoms with E-state index in [1.807, 2.05) is 12.2 Å². The van der Waals surface area contributed by atoms with Gasteiger partial charge in [0, 0.05) is 17.2 Å². The smallest absolute Gasteiger partial charge is 0.0471 e. The predicted octanol–water partition coefficient (Wildman–Crippen LogP) is 2.48. The number of hydrogen-bond acceptors (Lipinski definition) is 1. The van der Waals surface area contributed by atoms with Gasteiger partial charge in [-0.15, -0.1) is 11.6 Å². The van der Waals surface area contributed by atoms with E-state index >= 15 is 0 Å². The summed E-state index contributed by atoms with van der Waals surface area (Å²) < 4.78 is 0. The van der Waals surface area contributed by atoms with Crippen molar-refractivity contribution in [3.05, 3.63) is 23.8 Å². The number of alkyl halides is 1. The second-order valence-corrected chi connectivity index (χ2v) is 2.71. The third-order valence-corrected chi connectivity index (χ3v) is 1.81. The Morgan fingerprint density at radius 2 is 2.33 bits per heavy atom. The molecule has 0 nitrogen and oxygen atoms in total. The lowest BCUT2D eigenvalue weighted by atomic mass is 10.1. The standard InChI is InChI=1S/C7H7ClS/c8-5-6-1-3-7(9)4-2-6/h1-3H,4-5H2. The summed E-state index contributed by atoms with van der Waals surface area (Å²) in [4.78, 5) is 0.990.